The Bertz CT molecular complexity index is 1500. The molecule has 1 fully saturated rings. The predicted octanol–water partition coefficient (Wildman–Crippen LogP) is -0.225. The zero-order chi connectivity index (χ0) is 27.4. The molecule has 3 N–H and O–H groups in total. The number of ether oxygens (including phenoxy) is 1. The number of nitrogen functional groups attached to an aromatic ring is 1. The number of hydrogen-bond acceptors (Lipinski definition) is 8. The molecule has 1 aromatic carbocycles. The Hall–Kier alpha value is -3.22. The van der Waals surface area contributed by atoms with Crippen molar-refractivity contribution in [3.05, 3.63) is 61.0 Å². The number of carbonyl (C=O) groups is 1. The molecule has 0 unspecified atom stereocenters. The van der Waals surface area contributed by atoms with Crippen LogP contribution in [0.1, 0.15) is 30.6 Å². The summed E-state index contributed by atoms with van der Waals surface area (Å²) in [5.74, 6) is -0.717. The lowest BCUT2D eigenvalue weighted by Gasteiger charge is -2.24. The van der Waals surface area contributed by atoms with E-state index in [1.807, 2.05) is 19.9 Å². The standard InChI is InChI=1S/C26H34N6O5S/c1-17(2)15-32-22(27)21(24(35)29(3)26(32)36)20(33)16-38-25-28-19-8-5-4-7-18(19)23(34)31(25)10-6-9-30-11-13-37-14-12-30/h4-5,7-8,17H,6,9-16,27H2,1-3H3/p+1. The maximum Gasteiger partial charge on any atom is 0.332 e. The van der Waals surface area contributed by atoms with Crippen molar-refractivity contribution in [2.24, 2.45) is 13.0 Å². The van der Waals surface area contributed by atoms with E-state index in [9.17, 15) is 19.2 Å². The number of nitrogens with two attached hydrogens (primary N) is 1. The maximum atomic E-state index is 13.4. The van der Waals surface area contributed by atoms with Gasteiger partial charge in [0.1, 0.15) is 24.5 Å². The molecule has 0 amide bonds. The molecule has 11 nitrogen and oxygen atoms in total. The number of aromatic nitrogens is 4. The Balaban J connectivity index is 1.61. The second-order valence-corrected chi connectivity index (χ2v) is 10.9. The number of carbonyl (C=O) groups excluding carboxylic acids is 1. The van der Waals surface area contributed by atoms with Crippen molar-refractivity contribution in [3.63, 3.8) is 0 Å². The average molecular weight is 544 g/mol. The van der Waals surface area contributed by atoms with Gasteiger partial charge in [-0.05, 0) is 18.1 Å². The van der Waals surface area contributed by atoms with Gasteiger partial charge in [-0.25, -0.2) is 9.78 Å². The monoisotopic (exact) mass is 543 g/mol. The van der Waals surface area contributed by atoms with E-state index in [2.05, 4.69) is 4.98 Å². The fourth-order valence-corrected chi connectivity index (χ4v) is 5.54. The molecule has 0 saturated carbocycles. The number of thioether (sulfide) groups is 1. The SMILES string of the molecule is CC(C)Cn1c(N)c(C(=O)CSc2nc3ccccc3c(=O)n2CCC[NH+]2CCOCC2)c(=O)n(C)c1=O. The van der Waals surface area contributed by atoms with Gasteiger partial charge in [0.25, 0.3) is 11.1 Å². The van der Waals surface area contributed by atoms with E-state index in [-0.39, 0.29) is 35.2 Å². The summed E-state index contributed by atoms with van der Waals surface area (Å²) < 4.78 is 9.22. The number of hydrogen-bond donors (Lipinski definition) is 2. The number of ketones is 1. The highest BCUT2D eigenvalue weighted by Gasteiger charge is 2.23. The molecule has 0 radical (unpaired) electrons. The highest BCUT2D eigenvalue weighted by atomic mass is 32.2. The Morgan fingerprint density at radius 1 is 1.13 bits per heavy atom. The zero-order valence-electron chi connectivity index (χ0n) is 22.1. The van der Waals surface area contributed by atoms with Crippen molar-refractivity contribution >= 4 is 34.3 Å². The topological polar surface area (TPSA) is 136 Å². The molecule has 1 saturated heterocycles. The summed E-state index contributed by atoms with van der Waals surface area (Å²) in [5, 5.41) is 0.922. The quantitative estimate of drug-likeness (QED) is 0.204. The predicted molar refractivity (Wildman–Crippen MR) is 147 cm³/mol. The fraction of sp³-hybridized carbons (Fsp3) is 0.500. The van der Waals surface area contributed by atoms with Crippen LogP contribution in [0.2, 0.25) is 0 Å². The second-order valence-electron chi connectivity index (χ2n) is 9.96. The van der Waals surface area contributed by atoms with Crippen molar-refractivity contribution in [3.8, 4) is 0 Å². The van der Waals surface area contributed by atoms with E-state index >= 15 is 0 Å². The molecule has 204 valence electrons. The first-order valence-electron chi connectivity index (χ1n) is 12.8. The Labute approximate surface area is 224 Å². The average Bonchev–Trinajstić information content (AvgIpc) is 2.90. The van der Waals surface area contributed by atoms with Crippen molar-refractivity contribution in [2.75, 3.05) is 44.3 Å². The first-order chi connectivity index (χ1) is 18.2. The normalized spacial score (nSPS) is 14.4. The Morgan fingerprint density at radius 3 is 2.55 bits per heavy atom. The third kappa shape index (κ3) is 5.92. The van der Waals surface area contributed by atoms with Gasteiger partial charge >= 0.3 is 5.69 Å². The van der Waals surface area contributed by atoms with Crippen molar-refractivity contribution in [1.29, 1.82) is 0 Å². The minimum absolute atomic E-state index is 0.0837. The number of Topliss-reactive ketones (excluding diaryl/α,β-unsaturated/α-hetero) is 1. The van der Waals surface area contributed by atoms with Gasteiger partial charge in [0.05, 0.1) is 36.4 Å². The minimum atomic E-state index is -0.726. The van der Waals surface area contributed by atoms with Gasteiger partial charge in [-0.2, -0.15) is 0 Å². The molecule has 4 rings (SSSR count). The van der Waals surface area contributed by atoms with Crippen LogP contribution in [0.25, 0.3) is 10.9 Å². The number of anilines is 1. The van der Waals surface area contributed by atoms with Crippen molar-refractivity contribution < 1.29 is 14.4 Å². The van der Waals surface area contributed by atoms with Crippen molar-refractivity contribution in [1.82, 2.24) is 18.7 Å². The number of fused-ring (bicyclic) bond motifs is 1. The van der Waals surface area contributed by atoms with Crippen LogP contribution in [0.15, 0.2) is 43.8 Å². The van der Waals surface area contributed by atoms with Gasteiger partial charge in [0, 0.05) is 26.6 Å². The van der Waals surface area contributed by atoms with E-state index in [1.165, 1.54) is 16.5 Å². The van der Waals surface area contributed by atoms with E-state index < -0.39 is 17.0 Å². The molecule has 0 spiro atoms. The number of para-hydroxylation sites is 1. The number of nitrogens with zero attached hydrogens (tertiary/aromatic N) is 4. The number of rotatable bonds is 10. The Kier molecular flexibility index (Phi) is 8.85. The molecule has 0 aliphatic carbocycles. The number of nitrogens with one attached hydrogen (secondary N) is 1. The van der Waals surface area contributed by atoms with Crippen LogP contribution in [0.3, 0.4) is 0 Å². The van der Waals surface area contributed by atoms with Gasteiger partial charge in [0.2, 0.25) is 0 Å². The van der Waals surface area contributed by atoms with E-state index in [4.69, 9.17) is 10.5 Å². The molecule has 12 heteroatoms. The molecular weight excluding hydrogens is 508 g/mol. The molecule has 2 aromatic heterocycles. The number of benzene rings is 1. The number of morpholine rings is 1. The first-order valence-corrected chi connectivity index (χ1v) is 13.8. The van der Waals surface area contributed by atoms with Crippen LogP contribution in [0.5, 0.6) is 0 Å². The minimum Gasteiger partial charge on any atom is -0.384 e. The lowest BCUT2D eigenvalue weighted by molar-refractivity contribution is -0.908. The Morgan fingerprint density at radius 2 is 1.84 bits per heavy atom. The third-order valence-electron chi connectivity index (χ3n) is 6.68. The van der Waals surface area contributed by atoms with Gasteiger partial charge in [-0.1, -0.05) is 37.7 Å². The summed E-state index contributed by atoms with van der Waals surface area (Å²) in [7, 11) is 1.34. The van der Waals surface area contributed by atoms with Crippen LogP contribution in [-0.4, -0.2) is 63.1 Å². The summed E-state index contributed by atoms with van der Waals surface area (Å²) in [6, 6.07) is 7.12. The molecule has 0 atom stereocenters. The fourth-order valence-electron chi connectivity index (χ4n) is 4.64. The second kappa shape index (κ2) is 12.1. The summed E-state index contributed by atoms with van der Waals surface area (Å²) in [5.41, 5.74) is 5.06. The van der Waals surface area contributed by atoms with Crippen LogP contribution in [0.4, 0.5) is 5.82 Å². The largest absolute Gasteiger partial charge is 0.384 e. The smallest absolute Gasteiger partial charge is 0.332 e. The summed E-state index contributed by atoms with van der Waals surface area (Å²) in [4.78, 5) is 58.2. The highest BCUT2D eigenvalue weighted by molar-refractivity contribution is 7.99. The highest BCUT2D eigenvalue weighted by Crippen LogP contribution is 2.20. The van der Waals surface area contributed by atoms with Crippen LogP contribution in [-0.2, 0) is 24.9 Å². The zero-order valence-corrected chi connectivity index (χ0v) is 22.9. The maximum absolute atomic E-state index is 13.4. The van der Waals surface area contributed by atoms with E-state index in [0.29, 0.717) is 22.6 Å². The first kappa shape index (κ1) is 27.8. The lowest BCUT2D eigenvalue weighted by Crippen LogP contribution is -3.14. The molecule has 1 aliphatic rings. The lowest BCUT2D eigenvalue weighted by atomic mass is 10.2. The van der Waals surface area contributed by atoms with Crippen LogP contribution in [0, 0.1) is 5.92 Å². The van der Waals surface area contributed by atoms with E-state index in [0.717, 1.165) is 55.6 Å². The molecule has 3 heterocycles. The molecule has 1 aliphatic heterocycles. The van der Waals surface area contributed by atoms with Crippen molar-refractivity contribution in [2.45, 2.75) is 38.5 Å². The number of quaternary nitrogens is 1. The summed E-state index contributed by atoms with van der Waals surface area (Å²) >= 11 is 1.10. The third-order valence-corrected chi connectivity index (χ3v) is 7.66. The van der Waals surface area contributed by atoms with Crippen LogP contribution < -0.4 is 27.4 Å². The van der Waals surface area contributed by atoms with E-state index in [1.54, 1.807) is 22.8 Å². The van der Waals surface area contributed by atoms with Gasteiger partial charge in [-0.15, -0.1) is 0 Å². The summed E-state index contributed by atoms with van der Waals surface area (Å²) in [6.45, 7) is 8.83. The van der Waals surface area contributed by atoms with Crippen LogP contribution >= 0.6 is 11.8 Å². The van der Waals surface area contributed by atoms with Gasteiger partial charge < -0.3 is 15.4 Å². The molecular formula is C26H35N6O5S+. The summed E-state index contributed by atoms with van der Waals surface area (Å²) in [6.07, 6.45) is 0.768. The van der Waals surface area contributed by atoms with Gasteiger partial charge in [0.15, 0.2) is 10.9 Å². The van der Waals surface area contributed by atoms with Gasteiger partial charge in [-0.3, -0.25) is 28.1 Å². The molecule has 3 aromatic rings. The molecule has 38 heavy (non-hydrogen) atoms. The molecule has 0 bridgehead atoms.